The van der Waals surface area contributed by atoms with E-state index >= 15 is 0 Å². The zero-order valence-corrected chi connectivity index (χ0v) is 19.4. The second-order valence-corrected chi connectivity index (χ2v) is 8.54. The molecule has 6 aromatic rings. The molecule has 0 aliphatic rings. The standard InChI is InChI=1S/C25H19ClN8O/c1-32(18-5-3-2-4-6-18)24(35)15-33-22(9-10-28-33)17-11-20(26)25-23(12-17)34(31-30-25)19-8-7-16-14-27-29-21(16)13-19/h2-14H,15H2,1H3,(H,27,29). The van der Waals surface area contributed by atoms with Gasteiger partial charge in [-0.05, 0) is 48.5 Å². The number of carbonyl (C=O) groups excluding carboxylic acids is 1. The highest BCUT2D eigenvalue weighted by Crippen LogP contribution is 2.31. The minimum atomic E-state index is -0.0899. The molecule has 0 fully saturated rings. The van der Waals surface area contributed by atoms with Crippen LogP contribution >= 0.6 is 11.6 Å². The van der Waals surface area contributed by atoms with Gasteiger partial charge in [0.05, 0.1) is 33.6 Å². The van der Waals surface area contributed by atoms with E-state index in [2.05, 4.69) is 25.6 Å². The second kappa shape index (κ2) is 8.37. The van der Waals surface area contributed by atoms with Gasteiger partial charge in [-0.2, -0.15) is 10.2 Å². The average Bonchev–Trinajstić information content (AvgIpc) is 3.63. The van der Waals surface area contributed by atoms with Gasteiger partial charge in [0.25, 0.3) is 0 Å². The number of carbonyl (C=O) groups is 1. The van der Waals surface area contributed by atoms with E-state index in [1.165, 1.54) is 0 Å². The van der Waals surface area contributed by atoms with Gasteiger partial charge in [-0.3, -0.25) is 14.6 Å². The number of aromatic amines is 1. The number of benzene rings is 3. The van der Waals surface area contributed by atoms with Crippen LogP contribution in [0.5, 0.6) is 0 Å². The molecule has 1 amide bonds. The Balaban J connectivity index is 1.37. The minimum Gasteiger partial charge on any atom is -0.314 e. The van der Waals surface area contributed by atoms with Crippen molar-refractivity contribution in [2.45, 2.75) is 6.54 Å². The Hall–Kier alpha value is -4.50. The fourth-order valence-electron chi connectivity index (χ4n) is 4.11. The molecule has 3 aromatic heterocycles. The maximum Gasteiger partial charge on any atom is 0.248 e. The number of hydrogen-bond acceptors (Lipinski definition) is 5. The molecule has 172 valence electrons. The van der Waals surface area contributed by atoms with Crippen molar-refractivity contribution >= 4 is 45.1 Å². The van der Waals surface area contributed by atoms with E-state index in [9.17, 15) is 4.79 Å². The fourth-order valence-corrected chi connectivity index (χ4v) is 4.36. The van der Waals surface area contributed by atoms with Gasteiger partial charge < -0.3 is 4.90 Å². The Morgan fingerprint density at radius 3 is 2.80 bits per heavy atom. The predicted octanol–water partition coefficient (Wildman–Crippen LogP) is 4.48. The Morgan fingerprint density at radius 2 is 1.94 bits per heavy atom. The molecule has 0 aliphatic carbocycles. The molecule has 0 spiro atoms. The first-order valence-electron chi connectivity index (χ1n) is 10.9. The van der Waals surface area contributed by atoms with E-state index in [-0.39, 0.29) is 12.5 Å². The first-order chi connectivity index (χ1) is 17.1. The molecule has 3 aromatic carbocycles. The predicted molar refractivity (Wildman–Crippen MR) is 135 cm³/mol. The first kappa shape index (κ1) is 21.1. The molecular weight excluding hydrogens is 464 g/mol. The summed E-state index contributed by atoms with van der Waals surface area (Å²) in [5.41, 5.74) is 5.44. The van der Waals surface area contributed by atoms with Crippen molar-refractivity contribution in [3.05, 3.63) is 84.1 Å². The Kier molecular flexibility index (Phi) is 5.04. The number of anilines is 1. The summed E-state index contributed by atoms with van der Waals surface area (Å²) in [6.45, 7) is 0.0807. The van der Waals surface area contributed by atoms with Crippen LogP contribution in [0.2, 0.25) is 5.02 Å². The van der Waals surface area contributed by atoms with Crippen LogP contribution in [0.3, 0.4) is 0 Å². The maximum absolute atomic E-state index is 13.0. The summed E-state index contributed by atoms with van der Waals surface area (Å²) in [4.78, 5) is 14.6. The zero-order chi connectivity index (χ0) is 23.9. The highest BCUT2D eigenvalue weighted by atomic mass is 35.5. The third kappa shape index (κ3) is 3.71. The Bertz CT molecular complexity index is 1680. The lowest BCUT2D eigenvalue weighted by molar-refractivity contribution is -0.119. The van der Waals surface area contributed by atoms with Crippen molar-refractivity contribution in [1.29, 1.82) is 0 Å². The molecule has 10 heteroatoms. The topological polar surface area (TPSA) is 97.5 Å². The molecule has 0 radical (unpaired) electrons. The van der Waals surface area contributed by atoms with Crippen LogP contribution in [-0.4, -0.2) is 47.9 Å². The summed E-state index contributed by atoms with van der Waals surface area (Å²) < 4.78 is 3.41. The number of fused-ring (bicyclic) bond motifs is 2. The highest BCUT2D eigenvalue weighted by molar-refractivity contribution is 6.35. The molecule has 9 nitrogen and oxygen atoms in total. The van der Waals surface area contributed by atoms with Gasteiger partial charge in [-0.15, -0.1) is 5.10 Å². The number of halogens is 1. The summed E-state index contributed by atoms with van der Waals surface area (Å²) >= 11 is 6.61. The number of H-pyrrole nitrogens is 1. The van der Waals surface area contributed by atoms with E-state index in [0.29, 0.717) is 10.5 Å². The van der Waals surface area contributed by atoms with Gasteiger partial charge in [-0.25, -0.2) is 4.68 Å². The van der Waals surface area contributed by atoms with Gasteiger partial charge >= 0.3 is 0 Å². The van der Waals surface area contributed by atoms with Crippen LogP contribution < -0.4 is 4.90 Å². The summed E-state index contributed by atoms with van der Waals surface area (Å²) in [6.07, 6.45) is 3.44. The quantitative estimate of drug-likeness (QED) is 0.391. The van der Waals surface area contributed by atoms with Crippen molar-refractivity contribution in [3.63, 3.8) is 0 Å². The van der Waals surface area contributed by atoms with Crippen LogP contribution in [0.25, 0.3) is 38.9 Å². The average molecular weight is 483 g/mol. The van der Waals surface area contributed by atoms with Gasteiger partial charge in [0.15, 0.2) is 0 Å². The molecule has 0 saturated heterocycles. The number of amides is 1. The smallest absolute Gasteiger partial charge is 0.248 e. The van der Waals surface area contributed by atoms with Crippen LogP contribution in [0.4, 0.5) is 5.69 Å². The molecule has 0 saturated carbocycles. The lowest BCUT2D eigenvalue weighted by Gasteiger charge is -2.18. The molecule has 0 bridgehead atoms. The van der Waals surface area contributed by atoms with Crippen LogP contribution in [0.15, 0.2) is 79.1 Å². The molecule has 0 unspecified atom stereocenters. The number of nitrogens with one attached hydrogen (secondary N) is 1. The summed E-state index contributed by atoms with van der Waals surface area (Å²) in [6, 6.07) is 21.0. The number of rotatable bonds is 5. The molecule has 1 N–H and O–H groups in total. The lowest BCUT2D eigenvalue weighted by atomic mass is 10.1. The number of aromatic nitrogens is 7. The van der Waals surface area contributed by atoms with E-state index in [4.69, 9.17) is 11.6 Å². The highest BCUT2D eigenvalue weighted by Gasteiger charge is 2.18. The second-order valence-electron chi connectivity index (χ2n) is 8.13. The molecule has 3 heterocycles. The third-order valence-electron chi connectivity index (χ3n) is 5.99. The van der Waals surface area contributed by atoms with Crippen molar-refractivity contribution in [1.82, 2.24) is 35.0 Å². The molecular formula is C25H19ClN8O. The molecule has 35 heavy (non-hydrogen) atoms. The Morgan fingerprint density at radius 1 is 1.09 bits per heavy atom. The normalized spacial score (nSPS) is 11.4. The monoisotopic (exact) mass is 482 g/mol. The molecule has 0 atom stereocenters. The van der Waals surface area contributed by atoms with Crippen molar-refractivity contribution in [3.8, 4) is 16.9 Å². The van der Waals surface area contributed by atoms with Crippen molar-refractivity contribution in [2.75, 3.05) is 11.9 Å². The number of para-hydroxylation sites is 1. The fraction of sp³-hybridized carbons (Fsp3) is 0.0800. The Labute approximate surface area is 204 Å². The molecule has 0 aliphatic heterocycles. The van der Waals surface area contributed by atoms with E-state index in [1.54, 1.807) is 33.7 Å². The summed E-state index contributed by atoms with van der Waals surface area (Å²) in [7, 11) is 1.75. The van der Waals surface area contributed by atoms with E-state index < -0.39 is 0 Å². The van der Waals surface area contributed by atoms with Crippen molar-refractivity contribution in [2.24, 2.45) is 0 Å². The lowest BCUT2D eigenvalue weighted by Crippen LogP contribution is -2.30. The number of hydrogen-bond donors (Lipinski definition) is 1. The van der Waals surface area contributed by atoms with Crippen LogP contribution in [-0.2, 0) is 11.3 Å². The minimum absolute atomic E-state index is 0.0807. The van der Waals surface area contributed by atoms with Gasteiger partial charge in [0.1, 0.15) is 12.1 Å². The SMILES string of the molecule is CN(C(=O)Cn1nccc1-c1cc(Cl)c2nnn(-c3ccc4cn[nH]c4c3)c2c1)c1ccccc1. The van der Waals surface area contributed by atoms with Gasteiger partial charge in [0, 0.05) is 29.9 Å². The molecule has 6 rings (SSSR count). The van der Waals surface area contributed by atoms with Gasteiger partial charge in [-0.1, -0.05) is 35.0 Å². The first-order valence-corrected chi connectivity index (χ1v) is 11.3. The summed E-state index contributed by atoms with van der Waals surface area (Å²) in [5.74, 6) is -0.0899. The van der Waals surface area contributed by atoms with E-state index in [0.717, 1.165) is 39.1 Å². The van der Waals surface area contributed by atoms with Crippen LogP contribution in [0, 0.1) is 0 Å². The maximum atomic E-state index is 13.0. The zero-order valence-electron chi connectivity index (χ0n) is 18.6. The largest absolute Gasteiger partial charge is 0.314 e. The third-order valence-corrected chi connectivity index (χ3v) is 6.28. The van der Waals surface area contributed by atoms with Gasteiger partial charge in [0.2, 0.25) is 5.91 Å². The van der Waals surface area contributed by atoms with E-state index in [1.807, 2.05) is 66.7 Å². The summed E-state index contributed by atoms with van der Waals surface area (Å²) in [5, 5.41) is 21.5. The number of likely N-dealkylation sites (N-methyl/N-ethyl adjacent to an activating group) is 1. The van der Waals surface area contributed by atoms with Crippen molar-refractivity contribution < 1.29 is 4.79 Å². The number of nitrogens with zero attached hydrogens (tertiary/aromatic N) is 7. The van der Waals surface area contributed by atoms with Crippen LogP contribution in [0.1, 0.15) is 0 Å².